The molecule has 136 valence electrons. The summed E-state index contributed by atoms with van der Waals surface area (Å²) in [5.41, 5.74) is -0.414. The number of hydrogen-bond donors (Lipinski definition) is 0. The number of carbonyl (C=O) groups excluding carboxylic acids is 2. The number of rotatable bonds is 9. The van der Waals surface area contributed by atoms with E-state index >= 15 is 0 Å². The third-order valence-electron chi connectivity index (χ3n) is 4.12. The smallest absolute Gasteiger partial charge is 0.305 e. The summed E-state index contributed by atoms with van der Waals surface area (Å²) in [6.45, 7) is 0. The van der Waals surface area contributed by atoms with Crippen LogP contribution in [0.25, 0.3) is 0 Å². The summed E-state index contributed by atoms with van der Waals surface area (Å²) in [5, 5.41) is 9.86. The molecule has 0 fully saturated rings. The molecule has 0 amide bonds. The average Bonchev–Trinajstić information content (AvgIpc) is 2.67. The molecule has 25 heavy (non-hydrogen) atoms. The largest absolute Gasteiger partial charge is 0.493 e. The molecule has 1 aromatic rings. The summed E-state index contributed by atoms with van der Waals surface area (Å²) >= 11 is 0. The summed E-state index contributed by atoms with van der Waals surface area (Å²) in [7, 11) is 5.60. The molecule has 1 rings (SSSR count). The van der Waals surface area contributed by atoms with Crippen molar-refractivity contribution in [3.63, 3.8) is 0 Å². The van der Waals surface area contributed by atoms with Crippen LogP contribution in [-0.4, -0.2) is 40.4 Å². The Morgan fingerprint density at radius 1 is 0.960 bits per heavy atom. The van der Waals surface area contributed by atoms with Crippen LogP contribution in [0.1, 0.15) is 31.2 Å². The fraction of sp³-hybridized carbons (Fsp3) is 0.500. The summed E-state index contributed by atoms with van der Waals surface area (Å²) in [5.74, 6) is 0.158. The van der Waals surface area contributed by atoms with Gasteiger partial charge in [0.15, 0.2) is 11.5 Å². The Morgan fingerprint density at radius 2 is 1.48 bits per heavy atom. The Hall–Kier alpha value is -2.75. The van der Waals surface area contributed by atoms with Gasteiger partial charge in [0.1, 0.15) is 0 Å². The molecule has 0 aliphatic carbocycles. The number of hydrogen-bond acceptors (Lipinski definition) is 7. The number of ether oxygens (including phenoxy) is 4. The highest BCUT2D eigenvalue weighted by Gasteiger charge is 2.34. The quantitative estimate of drug-likeness (QED) is 0.632. The second kappa shape index (κ2) is 9.52. The molecule has 0 aliphatic rings. The van der Waals surface area contributed by atoms with Crippen molar-refractivity contribution in [3.8, 4) is 17.6 Å². The van der Waals surface area contributed by atoms with Crippen LogP contribution in [0, 0.1) is 11.3 Å². The summed E-state index contributed by atoms with van der Waals surface area (Å²) in [6, 6.07) is 7.38. The lowest BCUT2D eigenvalue weighted by Crippen LogP contribution is -2.27. The maximum atomic E-state index is 11.6. The van der Waals surface area contributed by atoms with Crippen LogP contribution in [0.15, 0.2) is 18.2 Å². The molecule has 0 N–H and O–H groups in total. The van der Waals surface area contributed by atoms with E-state index in [2.05, 4.69) is 15.5 Å². The van der Waals surface area contributed by atoms with Crippen LogP contribution in [0.5, 0.6) is 11.5 Å². The maximum Gasteiger partial charge on any atom is 0.305 e. The van der Waals surface area contributed by atoms with E-state index in [4.69, 9.17) is 9.47 Å². The topological polar surface area (TPSA) is 94.9 Å². The van der Waals surface area contributed by atoms with Crippen LogP contribution in [0.2, 0.25) is 0 Å². The van der Waals surface area contributed by atoms with Crippen molar-refractivity contribution >= 4 is 11.9 Å². The van der Waals surface area contributed by atoms with E-state index in [9.17, 15) is 14.9 Å². The first-order valence-electron chi connectivity index (χ1n) is 7.73. The summed E-state index contributed by atoms with van der Waals surface area (Å²) in [4.78, 5) is 23.1. The molecule has 0 heterocycles. The molecule has 0 bridgehead atoms. The van der Waals surface area contributed by atoms with Gasteiger partial charge in [-0.25, -0.2) is 0 Å². The Morgan fingerprint density at radius 3 is 1.88 bits per heavy atom. The van der Waals surface area contributed by atoms with Crippen molar-refractivity contribution in [3.05, 3.63) is 23.8 Å². The molecule has 1 aromatic carbocycles. The van der Waals surface area contributed by atoms with Gasteiger partial charge in [0, 0.05) is 12.8 Å². The lowest BCUT2D eigenvalue weighted by molar-refractivity contribution is -0.141. The van der Waals surface area contributed by atoms with Crippen molar-refractivity contribution in [1.82, 2.24) is 0 Å². The first kappa shape index (κ1) is 20.3. The van der Waals surface area contributed by atoms with Gasteiger partial charge in [-0.15, -0.1) is 0 Å². The molecule has 0 saturated carbocycles. The zero-order valence-electron chi connectivity index (χ0n) is 15.0. The van der Waals surface area contributed by atoms with Gasteiger partial charge in [0.25, 0.3) is 0 Å². The molecule has 0 spiro atoms. The first-order valence-corrected chi connectivity index (χ1v) is 7.73. The average molecular weight is 349 g/mol. The SMILES string of the molecule is COC(=O)CCC(C#N)(CCC(=O)OC)c1ccc(OC)c(OC)c1. The van der Waals surface area contributed by atoms with Crippen LogP contribution in [0.3, 0.4) is 0 Å². The maximum absolute atomic E-state index is 11.6. The van der Waals surface area contributed by atoms with Crippen molar-refractivity contribution in [2.45, 2.75) is 31.1 Å². The van der Waals surface area contributed by atoms with Gasteiger partial charge in [-0.2, -0.15) is 5.26 Å². The minimum absolute atomic E-state index is 0.0551. The van der Waals surface area contributed by atoms with Crippen LogP contribution in [-0.2, 0) is 24.5 Å². The van der Waals surface area contributed by atoms with Gasteiger partial charge in [-0.3, -0.25) is 9.59 Å². The third-order valence-corrected chi connectivity index (χ3v) is 4.12. The molecule has 0 radical (unpaired) electrons. The van der Waals surface area contributed by atoms with Gasteiger partial charge >= 0.3 is 11.9 Å². The standard InChI is InChI=1S/C18H23NO6/c1-22-14-6-5-13(11-15(14)23-2)18(12-19,9-7-16(20)24-3)10-8-17(21)25-4/h5-6,11H,7-10H2,1-4H3. The van der Waals surface area contributed by atoms with E-state index in [-0.39, 0.29) is 25.7 Å². The van der Waals surface area contributed by atoms with E-state index in [1.807, 2.05) is 0 Å². The number of carbonyl (C=O) groups is 2. The van der Waals surface area contributed by atoms with Crippen molar-refractivity contribution in [2.75, 3.05) is 28.4 Å². The van der Waals surface area contributed by atoms with E-state index in [0.29, 0.717) is 17.1 Å². The molecule has 0 aromatic heterocycles. The zero-order valence-corrected chi connectivity index (χ0v) is 15.0. The second-order valence-electron chi connectivity index (χ2n) is 5.42. The second-order valence-corrected chi connectivity index (χ2v) is 5.42. The van der Waals surface area contributed by atoms with Crippen LogP contribution >= 0.6 is 0 Å². The monoisotopic (exact) mass is 349 g/mol. The van der Waals surface area contributed by atoms with E-state index in [1.165, 1.54) is 28.4 Å². The molecule has 0 aliphatic heterocycles. The third kappa shape index (κ3) is 5.11. The van der Waals surface area contributed by atoms with E-state index in [1.54, 1.807) is 18.2 Å². The number of nitriles is 1. The zero-order chi connectivity index (χ0) is 18.9. The Kier molecular flexibility index (Phi) is 7.73. The van der Waals surface area contributed by atoms with Gasteiger partial charge in [0.2, 0.25) is 0 Å². The van der Waals surface area contributed by atoms with Gasteiger partial charge < -0.3 is 18.9 Å². The highest BCUT2D eigenvalue weighted by Crippen LogP contribution is 2.38. The predicted octanol–water partition coefficient (Wildman–Crippen LogP) is 2.37. The molecule has 7 nitrogen and oxygen atoms in total. The lowest BCUT2D eigenvalue weighted by atomic mass is 9.74. The number of nitrogens with zero attached hydrogens (tertiary/aromatic N) is 1. The summed E-state index contributed by atoms with van der Waals surface area (Å²) in [6.07, 6.45) is 0.532. The van der Waals surface area contributed by atoms with Crippen molar-refractivity contribution in [1.29, 1.82) is 5.26 Å². The normalized spacial score (nSPS) is 10.5. The van der Waals surface area contributed by atoms with Crippen molar-refractivity contribution < 1.29 is 28.5 Å². The lowest BCUT2D eigenvalue weighted by Gasteiger charge is -2.27. The minimum atomic E-state index is -1.05. The fourth-order valence-corrected chi connectivity index (χ4v) is 2.56. The molecular formula is C18H23NO6. The van der Waals surface area contributed by atoms with Gasteiger partial charge in [-0.05, 0) is 30.5 Å². The van der Waals surface area contributed by atoms with E-state index in [0.717, 1.165) is 0 Å². The fourth-order valence-electron chi connectivity index (χ4n) is 2.56. The van der Waals surface area contributed by atoms with Crippen LogP contribution < -0.4 is 9.47 Å². The van der Waals surface area contributed by atoms with E-state index < -0.39 is 17.4 Å². The Balaban J connectivity index is 3.25. The highest BCUT2D eigenvalue weighted by molar-refractivity contribution is 5.70. The first-order chi connectivity index (χ1) is 12.0. The molecule has 7 heteroatoms. The summed E-state index contributed by atoms with van der Waals surface area (Å²) < 4.78 is 19.8. The number of benzene rings is 1. The van der Waals surface area contributed by atoms with Crippen molar-refractivity contribution in [2.24, 2.45) is 0 Å². The van der Waals surface area contributed by atoms with Gasteiger partial charge in [0.05, 0.1) is 39.9 Å². The molecule has 0 saturated heterocycles. The molecular weight excluding hydrogens is 326 g/mol. The molecule has 0 unspecified atom stereocenters. The Labute approximate surface area is 147 Å². The van der Waals surface area contributed by atoms with Gasteiger partial charge in [-0.1, -0.05) is 6.07 Å². The highest BCUT2D eigenvalue weighted by atomic mass is 16.5. The number of methoxy groups -OCH3 is 4. The predicted molar refractivity (Wildman–Crippen MR) is 89.3 cm³/mol. The number of esters is 2. The minimum Gasteiger partial charge on any atom is -0.493 e. The van der Waals surface area contributed by atoms with Crippen LogP contribution in [0.4, 0.5) is 0 Å². The Bertz CT molecular complexity index is 629. The molecule has 0 atom stereocenters.